The van der Waals surface area contributed by atoms with E-state index in [4.69, 9.17) is 4.74 Å². The van der Waals surface area contributed by atoms with E-state index in [2.05, 4.69) is 21.1 Å². The highest BCUT2D eigenvalue weighted by atomic mass is 35.5. The Bertz CT molecular complexity index is 253. The first-order valence-corrected chi connectivity index (χ1v) is 6.03. The minimum absolute atomic E-state index is 0. The molecular formula is C12H24ClNO3. The molecule has 5 heteroatoms. The molecule has 1 aliphatic carbocycles. The first kappa shape index (κ1) is 16.7. The minimum Gasteiger partial charge on any atom is -1.00 e. The highest BCUT2D eigenvalue weighted by Crippen LogP contribution is 2.30. The third kappa shape index (κ3) is 4.12. The van der Waals surface area contributed by atoms with E-state index in [0.29, 0.717) is 11.1 Å². The second-order valence-electron chi connectivity index (χ2n) is 5.46. The van der Waals surface area contributed by atoms with Crippen molar-refractivity contribution in [3.63, 3.8) is 0 Å². The lowest BCUT2D eigenvalue weighted by atomic mass is 9.81. The Morgan fingerprint density at radius 1 is 1.35 bits per heavy atom. The van der Waals surface area contributed by atoms with E-state index in [1.54, 1.807) is 6.92 Å². The predicted molar refractivity (Wildman–Crippen MR) is 61.8 cm³/mol. The minimum atomic E-state index is -0.576. The lowest BCUT2D eigenvalue weighted by molar-refractivity contribution is -0.901. The van der Waals surface area contributed by atoms with Crippen molar-refractivity contribution in [3.8, 4) is 0 Å². The molecule has 1 saturated carbocycles. The summed E-state index contributed by atoms with van der Waals surface area (Å²) in [5.74, 6) is -0.579. The van der Waals surface area contributed by atoms with Crippen LogP contribution < -0.4 is 12.4 Å². The number of halogens is 1. The summed E-state index contributed by atoms with van der Waals surface area (Å²) in [4.78, 5) is 11.7. The van der Waals surface area contributed by atoms with Gasteiger partial charge < -0.3 is 26.7 Å². The summed E-state index contributed by atoms with van der Waals surface area (Å²) in [6, 6.07) is 0.128. The Balaban J connectivity index is 0.00000256. The molecule has 17 heavy (non-hydrogen) atoms. The largest absolute Gasteiger partial charge is 1.00 e. The first-order valence-electron chi connectivity index (χ1n) is 6.03. The van der Waals surface area contributed by atoms with Crippen LogP contribution in [0.2, 0.25) is 0 Å². The summed E-state index contributed by atoms with van der Waals surface area (Å²) < 4.78 is 5.70. The summed E-state index contributed by atoms with van der Waals surface area (Å²) in [7, 11) is 6.17. The van der Waals surface area contributed by atoms with Gasteiger partial charge in [0.15, 0.2) is 0 Å². The Morgan fingerprint density at radius 2 is 1.94 bits per heavy atom. The van der Waals surface area contributed by atoms with Crippen LogP contribution in [0.25, 0.3) is 0 Å². The molecule has 0 aromatic heterocycles. The van der Waals surface area contributed by atoms with Gasteiger partial charge in [-0.05, 0) is 19.8 Å². The van der Waals surface area contributed by atoms with Gasteiger partial charge in [-0.3, -0.25) is 4.79 Å². The molecule has 1 fully saturated rings. The zero-order chi connectivity index (χ0) is 12.3. The molecule has 0 radical (unpaired) electrons. The van der Waals surface area contributed by atoms with Gasteiger partial charge in [-0.1, -0.05) is 0 Å². The van der Waals surface area contributed by atoms with Crippen molar-refractivity contribution in [2.24, 2.45) is 5.92 Å². The topological polar surface area (TPSA) is 46.5 Å². The van der Waals surface area contributed by atoms with E-state index >= 15 is 0 Å². The van der Waals surface area contributed by atoms with Crippen LogP contribution in [0.4, 0.5) is 0 Å². The Hall–Kier alpha value is -0.320. The Labute approximate surface area is 110 Å². The van der Waals surface area contributed by atoms with Crippen molar-refractivity contribution >= 4 is 5.97 Å². The molecule has 1 N–H and O–H groups in total. The van der Waals surface area contributed by atoms with Crippen LogP contribution in [-0.4, -0.2) is 55.5 Å². The van der Waals surface area contributed by atoms with E-state index in [1.165, 1.54) is 0 Å². The molecule has 0 amide bonds. The van der Waals surface area contributed by atoms with Crippen LogP contribution in [0.3, 0.4) is 0 Å². The van der Waals surface area contributed by atoms with Gasteiger partial charge in [-0.15, -0.1) is 0 Å². The van der Waals surface area contributed by atoms with E-state index in [-0.39, 0.29) is 30.3 Å². The molecule has 0 spiro atoms. The van der Waals surface area contributed by atoms with E-state index in [0.717, 1.165) is 19.3 Å². The van der Waals surface area contributed by atoms with Gasteiger partial charge in [0.1, 0.15) is 12.1 Å². The fourth-order valence-corrected chi connectivity index (χ4v) is 2.51. The molecule has 4 nitrogen and oxygen atoms in total. The van der Waals surface area contributed by atoms with Crippen molar-refractivity contribution in [3.05, 3.63) is 0 Å². The van der Waals surface area contributed by atoms with Crippen molar-refractivity contribution in [1.82, 2.24) is 0 Å². The smallest absolute Gasteiger partial charge is 0.311 e. The zero-order valence-corrected chi connectivity index (χ0v) is 11.9. The number of rotatable bonds is 3. The highest BCUT2D eigenvalue weighted by molar-refractivity contribution is 5.73. The van der Waals surface area contributed by atoms with Crippen LogP contribution in [-0.2, 0) is 9.53 Å². The highest BCUT2D eigenvalue weighted by Gasteiger charge is 2.43. The zero-order valence-electron chi connectivity index (χ0n) is 11.1. The summed E-state index contributed by atoms with van der Waals surface area (Å²) in [6.45, 7) is 2.18. The van der Waals surface area contributed by atoms with Gasteiger partial charge in [0, 0.05) is 6.42 Å². The lowest BCUT2D eigenvalue weighted by Crippen LogP contribution is -3.00. The third-order valence-corrected chi connectivity index (χ3v) is 3.41. The summed E-state index contributed by atoms with van der Waals surface area (Å²) in [6.07, 6.45) is 2.13. The van der Waals surface area contributed by atoms with Gasteiger partial charge in [0.05, 0.1) is 33.7 Å². The number of aliphatic hydroxyl groups excluding tert-OH is 1. The van der Waals surface area contributed by atoms with Gasteiger partial charge in [-0.25, -0.2) is 0 Å². The Morgan fingerprint density at radius 3 is 2.41 bits per heavy atom. The SMILES string of the molecule is CCOC(=O)[C@@H]1CCC[C@@H]([N+](C)(C)C)[C@H]1O.[Cl-]. The number of hydrogen-bond donors (Lipinski definition) is 1. The fourth-order valence-electron chi connectivity index (χ4n) is 2.51. The molecule has 0 unspecified atom stereocenters. The van der Waals surface area contributed by atoms with Crippen LogP contribution in [0.1, 0.15) is 26.2 Å². The molecule has 0 saturated heterocycles. The molecular weight excluding hydrogens is 242 g/mol. The van der Waals surface area contributed by atoms with Crippen LogP contribution in [0.5, 0.6) is 0 Å². The number of ether oxygens (including phenoxy) is 1. The first-order chi connectivity index (χ1) is 7.38. The molecule has 102 valence electrons. The van der Waals surface area contributed by atoms with Gasteiger partial charge >= 0.3 is 5.97 Å². The summed E-state index contributed by atoms with van der Waals surface area (Å²) in [5, 5.41) is 10.2. The molecule has 0 bridgehead atoms. The van der Waals surface area contributed by atoms with Gasteiger partial charge in [-0.2, -0.15) is 0 Å². The number of aliphatic hydroxyl groups is 1. The number of carbonyl (C=O) groups is 1. The van der Waals surface area contributed by atoms with E-state index in [9.17, 15) is 9.90 Å². The maximum atomic E-state index is 11.7. The molecule has 0 aromatic carbocycles. The number of nitrogens with zero attached hydrogens (tertiary/aromatic N) is 1. The molecule has 1 aliphatic rings. The van der Waals surface area contributed by atoms with E-state index < -0.39 is 6.10 Å². The molecule has 1 rings (SSSR count). The number of hydrogen-bond acceptors (Lipinski definition) is 3. The fraction of sp³-hybridized carbons (Fsp3) is 0.917. The van der Waals surface area contributed by atoms with Gasteiger partial charge in [0.25, 0.3) is 0 Å². The number of quaternary nitrogens is 1. The third-order valence-electron chi connectivity index (χ3n) is 3.41. The quantitative estimate of drug-likeness (QED) is 0.465. The maximum Gasteiger partial charge on any atom is 0.311 e. The van der Waals surface area contributed by atoms with E-state index in [1.807, 2.05) is 0 Å². The van der Waals surface area contributed by atoms with Crippen molar-refractivity contribution in [1.29, 1.82) is 0 Å². The van der Waals surface area contributed by atoms with Gasteiger partial charge in [0.2, 0.25) is 0 Å². The summed E-state index contributed by atoms with van der Waals surface area (Å²) >= 11 is 0. The summed E-state index contributed by atoms with van der Waals surface area (Å²) in [5.41, 5.74) is 0. The lowest BCUT2D eigenvalue weighted by Gasteiger charge is -2.42. The molecule has 0 aromatic rings. The Kier molecular flexibility index (Phi) is 6.45. The van der Waals surface area contributed by atoms with Crippen LogP contribution >= 0.6 is 0 Å². The predicted octanol–water partition coefficient (Wildman–Crippen LogP) is -2.21. The van der Waals surface area contributed by atoms with Crippen molar-refractivity contribution in [2.75, 3.05) is 27.7 Å². The molecule has 0 heterocycles. The number of carbonyl (C=O) groups excluding carboxylic acids is 1. The molecule has 0 aliphatic heterocycles. The second-order valence-corrected chi connectivity index (χ2v) is 5.46. The maximum absolute atomic E-state index is 11.7. The average Bonchev–Trinajstić information content (AvgIpc) is 2.16. The van der Waals surface area contributed by atoms with Crippen LogP contribution in [0.15, 0.2) is 0 Å². The number of esters is 1. The standard InChI is InChI=1S/C12H24NO3.ClH/c1-5-16-12(15)9-7-6-8-10(11(9)14)13(2,3)4;/h9-11,14H,5-8H2,1-4H3;1H/q+1;/p-1/t9-,10-,11+;/m1./s1. The number of likely N-dealkylation sites (N-methyl/N-ethyl adjacent to an activating group) is 1. The van der Waals surface area contributed by atoms with Crippen molar-refractivity contribution < 1.29 is 31.5 Å². The molecule has 3 atom stereocenters. The van der Waals surface area contributed by atoms with Crippen LogP contribution in [0, 0.1) is 5.92 Å². The normalized spacial score (nSPS) is 29.4. The average molecular weight is 266 g/mol. The second kappa shape index (κ2) is 6.57. The van der Waals surface area contributed by atoms with Crippen molar-refractivity contribution in [2.45, 2.75) is 38.3 Å². The monoisotopic (exact) mass is 265 g/mol.